The fourth-order valence-corrected chi connectivity index (χ4v) is 1.19. The van der Waals surface area contributed by atoms with Crippen LogP contribution in [0.2, 0.25) is 0 Å². The third-order valence-corrected chi connectivity index (χ3v) is 2.06. The van der Waals surface area contributed by atoms with Gasteiger partial charge >= 0.3 is 5.54 Å². The minimum absolute atomic E-state index is 0.180. The first-order valence-corrected chi connectivity index (χ1v) is 3.54. The van der Waals surface area contributed by atoms with Crippen molar-refractivity contribution in [3.05, 3.63) is 11.4 Å². The molecule has 3 nitrogen and oxygen atoms in total. The Morgan fingerprint density at radius 3 is 2.45 bits per heavy atom. The number of carbonyl (C=O) groups is 1. The average Bonchev–Trinajstić information content (AvgIpc) is 2.07. The maximum atomic E-state index is 10.8. The van der Waals surface area contributed by atoms with E-state index < -0.39 is 5.54 Å². The van der Waals surface area contributed by atoms with E-state index in [1.165, 1.54) is 0 Å². The van der Waals surface area contributed by atoms with E-state index in [1.54, 1.807) is 0 Å². The topological polar surface area (TPSA) is 45.2 Å². The molecule has 0 amide bonds. The second-order valence-electron chi connectivity index (χ2n) is 2.79. The molecule has 0 heterocycles. The third-order valence-electron chi connectivity index (χ3n) is 2.06. The Morgan fingerprint density at radius 2 is 2.09 bits per heavy atom. The molecule has 0 atom stereocenters. The average molecular weight is 148 g/mol. The summed E-state index contributed by atoms with van der Waals surface area (Å²) < 4.78 is 0. The summed E-state index contributed by atoms with van der Waals surface area (Å²) in [7, 11) is 0. The van der Waals surface area contributed by atoms with Gasteiger partial charge in [0, 0.05) is 25.7 Å². The van der Waals surface area contributed by atoms with Gasteiger partial charge < -0.3 is 0 Å². The predicted molar refractivity (Wildman–Crippen MR) is 38.4 cm³/mol. The highest BCUT2D eigenvalue weighted by molar-refractivity contribution is 5.79. The Kier molecular flexibility index (Phi) is 1.92. The molecular weight excluding hydrogens is 140 g/mol. The molecule has 0 aromatic heterocycles. The summed E-state index contributed by atoms with van der Waals surface area (Å²) in [5, 5.41) is 8.65. The quantitative estimate of drug-likeness (QED) is 0.486. The summed E-state index contributed by atoms with van der Waals surface area (Å²) in [4.78, 5) is 14.0. The molecule has 3 heteroatoms. The lowest BCUT2D eigenvalue weighted by molar-refractivity contribution is -0.120. The molecule has 1 aliphatic rings. The molecule has 0 aromatic rings. The highest BCUT2D eigenvalue weighted by Gasteiger charge is 2.40. The van der Waals surface area contributed by atoms with Gasteiger partial charge in [0.2, 0.25) is 0 Å². The lowest BCUT2D eigenvalue weighted by Gasteiger charge is -2.17. The molecule has 0 N–H and O–H groups in total. The number of hydrogen-bond acceptors (Lipinski definition) is 2. The van der Waals surface area contributed by atoms with Gasteiger partial charge in [-0.25, -0.2) is 6.57 Å². The van der Waals surface area contributed by atoms with Crippen molar-refractivity contribution >= 4 is 5.78 Å². The van der Waals surface area contributed by atoms with Crippen molar-refractivity contribution in [3.63, 3.8) is 0 Å². The van der Waals surface area contributed by atoms with Crippen LogP contribution in [-0.4, -0.2) is 11.3 Å². The third kappa shape index (κ3) is 1.38. The first-order chi connectivity index (χ1) is 5.22. The minimum atomic E-state index is -0.881. The number of rotatable bonds is 0. The van der Waals surface area contributed by atoms with Gasteiger partial charge in [-0.1, -0.05) is 0 Å². The monoisotopic (exact) mass is 148 g/mol. The van der Waals surface area contributed by atoms with Gasteiger partial charge in [-0.05, 0) is 0 Å². The van der Waals surface area contributed by atoms with Crippen molar-refractivity contribution in [2.45, 2.75) is 31.2 Å². The van der Waals surface area contributed by atoms with Crippen LogP contribution in [0, 0.1) is 17.9 Å². The second kappa shape index (κ2) is 2.72. The van der Waals surface area contributed by atoms with E-state index in [4.69, 9.17) is 11.8 Å². The van der Waals surface area contributed by atoms with Crippen LogP contribution in [0.15, 0.2) is 0 Å². The van der Waals surface area contributed by atoms with Crippen molar-refractivity contribution < 1.29 is 4.79 Å². The molecular formula is C8H8N2O. The molecule has 1 rings (SSSR count). The standard InChI is InChI=1S/C8H8N2O/c1-10-8(6-9)4-2-7(11)3-5-8/h2-5H2. The van der Waals surface area contributed by atoms with Crippen LogP contribution in [0.25, 0.3) is 4.85 Å². The SMILES string of the molecule is [C-]#[N+]C1(C#N)CCC(=O)CC1. The highest BCUT2D eigenvalue weighted by Crippen LogP contribution is 2.29. The first-order valence-electron chi connectivity index (χ1n) is 3.54. The van der Waals surface area contributed by atoms with E-state index in [2.05, 4.69) is 4.85 Å². The zero-order valence-electron chi connectivity index (χ0n) is 6.13. The van der Waals surface area contributed by atoms with Crippen LogP contribution < -0.4 is 0 Å². The summed E-state index contributed by atoms with van der Waals surface area (Å²) in [5.41, 5.74) is -0.881. The molecule has 1 fully saturated rings. The van der Waals surface area contributed by atoms with Crippen molar-refractivity contribution in [2.24, 2.45) is 0 Å². The Bertz CT molecular complexity index is 230. The molecule has 56 valence electrons. The smallest absolute Gasteiger partial charge is 0.300 e. The molecule has 0 aromatic carbocycles. The number of carbonyl (C=O) groups excluding carboxylic acids is 1. The molecule has 1 aliphatic carbocycles. The second-order valence-corrected chi connectivity index (χ2v) is 2.79. The van der Waals surface area contributed by atoms with Crippen LogP contribution in [0.4, 0.5) is 0 Å². The molecule has 0 spiro atoms. The normalized spacial score (nSPS) is 21.8. The fraction of sp³-hybridized carbons (Fsp3) is 0.625. The molecule has 0 saturated heterocycles. The fourth-order valence-electron chi connectivity index (χ4n) is 1.19. The van der Waals surface area contributed by atoms with Crippen LogP contribution in [-0.2, 0) is 4.79 Å². The lowest BCUT2D eigenvalue weighted by atomic mass is 9.83. The van der Waals surface area contributed by atoms with E-state index in [1.807, 2.05) is 6.07 Å². The lowest BCUT2D eigenvalue weighted by Crippen LogP contribution is -2.28. The van der Waals surface area contributed by atoms with Gasteiger partial charge in [0.1, 0.15) is 5.78 Å². The largest absolute Gasteiger partial charge is 0.316 e. The van der Waals surface area contributed by atoms with Gasteiger partial charge in [0.15, 0.2) is 6.07 Å². The minimum Gasteiger partial charge on any atom is -0.300 e. The van der Waals surface area contributed by atoms with Crippen LogP contribution in [0.1, 0.15) is 25.7 Å². The number of Topliss-reactive ketones (excluding diaryl/α,β-unsaturated/α-hetero) is 1. The van der Waals surface area contributed by atoms with Crippen LogP contribution in [0.3, 0.4) is 0 Å². The molecule has 11 heavy (non-hydrogen) atoms. The van der Waals surface area contributed by atoms with Crippen molar-refractivity contribution in [1.82, 2.24) is 0 Å². The van der Waals surface area contributed by atoms with E-state index in [0.717, 1.165) is 0 Å². The molecule has 0 unspecified atom stereocenters. The van der Waals surface area contributed by atoms with Crippen molar-refractivity contribution in [2.75, 3.05) is 0 Å². The molecule has 0 radical (unpaired) electrons. The summed E-state index contributed by atoms with van der Waals surface area (Å²) in [6.45, 7) is 6.80. The molecule has 1 saturated carbocycles. The maximum Gasteiger partial charge on any atom is 0.316 e. The zero-order valence-corrected chi connectivity index (χ0v) is 6.13. The number of nitrogens with zero attached hydrogens (tertiary/aromatic N) is 2. The number of ketones is 1. The Labute approximate surface area is 65.4 Å². The summed E-state index contributed by atoms with van der Waals surface area (Å²) in [5.74, 6) is 0.180. The Morgan fingerprint density at radius 1 is 1.55 bits per heavy atom. The van der Waals surface area contributed by atoms with Gasteiger partial charge in [0.25, 0.3) is 0 Å². The predicted octanol–water partition coefficient (Wildman–Crippen LogP) is 1.31. The first kappa shape index (κ1) is 7.75. The zero-order chi connectivity index (χ0) is 8.32. The van der Waals surface area contributed by atoms with E-state index in [9.17, 15) is 4.79 Å². The van der Waals surface area contributed by atoms with Crippen LogP contribution >= 0.6 is 0 Å². The maximum absolute atomic E-state index is 10.8. The molecule has 0 aliphatic heterocycles. The summed E-state index contributed by atoms with van der Waals surface area (Å²) >= 11 is 0. The van der Waals surface area contributed by atoms with Crippen LogP contribution in [0.5, 0.6) is 0 Å². The van der Waals surface area contributed by atoms with E-state index in [-0.39, 0.29) is 5.78 Å². The number of nitriles is 1. The summed E-state index contributed by atoms with van der Waals surface area (Å²) in [6.07, 6.45) is 1.64. The van der Waals surface area contributed by atoms with Crippen molar-refractivity contribution in [3.8, 4) is 6.07 Å². The van der Waals surface area contributed by atoms with Gasteiger partial charge in [-0.2, -0.15) is 5.26 Å². The van der Waals surface area contributed by atoms with Gasteiger partial charge in [-0.3, -0.25) is 9.64 Å². The van der Waals surface area contributed by atoms with E-state index >= 15 is 0 Å². The Hall–Kier alpha value is -1.35. The molecule has 0 bridgehead atoms. The highest BCUT2D eigenvalue weighted by atomic mass is 16.1. The van der Waals surface area contributed by atoms with Crippen molar-refractivity contribution in [1.29, 1.82) is 5.26 Å². The van der Waals surface area contributed by atoms with Gasteiger partial charge in [0.05, 0.1) is 0 Å². The summed E-state index contributed by atoms with van der Waals surface area (Å²) in [6, 6.07) is 1.98. The Balaban J connectivity index is 2.71. The number of hydrogen-bond donors (Lipinski definition) is 0. The van der Waals surface area contributed by atoms with E-state index in [0.29, 0.717) is 25.7 Å². The van der Waals surface area contributed by atoms with Gasteiger partial charge in [-0.15, -0.1) is 0 Å².